The van der Waals surface area contributed by atoms with Gasteiger partial charge in [0, 0.05) is 26.7 Å². The molecule has 1 aromatic carbocycles. The first-order valence-corrected chi connectivity index (χ1v) is 6.47. The maximum Gasteiger partial charge on any atom is 0.241 e. The predicted octanol–water partition coefficient (Wildman–Crippen LogP) is 1.47. The van der Waals surface area contributed by atoms with Crippen molar-refractivity contribution in [2.75, 3.05) is 31.6 Å². The summed E-state index contributed by atoms with van der Waals surface area (Å²) in [5.41, 5.74) is 7.50. The van der Waals surface area contributed by atoms with Crippen LogP contribution in [0, 0.1) is 0 Å². The van der Waals surface area contributed by atoms with Crippen LogP contribution in [0.4, 0.5) is 5.69 Å². The molecule has 1 fully saturated rings. The highest BCUT2D eigenvalue weighted by Gasteiger charge is 2.20. The molecule has 0 unspecified atom stereocenters. The van der Waals surface area contributed by atoms with Crippen molar-refractivity contribution in [1.82, 2.24) is 4.90 Å². The second kappa shape index (κ2) is 5.59. The Morgan fingerprint density at radius 3 is 2.83 bits per heavy atom. The van der Waals surface area contributed by atoms with Crippen LogP contribution in [-0.2, 0) is 11.3 Å². The van der Waals surface area contributed by atoms with E-state index in [1.807, 2.05) is 30.1 Å². The minimum atomic E-state index is 0.131. The Morgan fingerprint density at radius 1 is 1.39 bits per heavy atom. The van der Waals surface area contributed by atoms with E-state index in [-0.39, 0.29) is 5.91 Å². The molecule has 1 aromatic rings. The summed E-state index contributed by atoms with van der Waals surface area (Å²) in [6.45, 7) is 2.51. The van der Waals surface area contributed by atoms with E-state index in [0.29, 0.717) is 18.1 Å². The lowest BCUT2D eigenvalue weighted by Crippen LogP contribution is -2.34. The van der Waals surface area contributed by atoms with Crippen LogP contribution in [-0.4, -0.2) is 37.5 Å². The molecule has 5 heteroatoms. The molecule has 1 amide bonds. The van der Waals surface area contributed by atoms with Gasteiger partial charge in [-0.15, -0.1) is 0 Å². The zero-order chi connectivity index (χ0) is 13.1. The molecule has 1 aliphatic rings. The number of amides is 1. The summed E-state index contributed by atoms with van der Waals surface area (Å²) in [5.74, 6) is 0.131. The average molecular weight is 268 g/mol. The summed E-state index contributed by atoms with van der Waals surface area (Å²) < 4.78 is 0. The SMILES string of the molecule is CN1CCCN(c2ccc(CN)cc2Cl)CC1=O. The molecule has 0 atom stereocenters. The fourth-order valence-corrected chi connectivity index (χ4v) is 2.45. The smallest absolute Gasteiger partial charge is 0.241 e. The van der Waals surface area contributed by atoms with Crippen molar-refractivity contribution in [2.24, 2.45) is 5.73 Å². The van der Waals surface area contributed by atoms with Gasteiger partial charge >= 0.3 is 0 Å². The molecule has 0 saturated carbocycles. The molecular formula is C13H18ClN3O. The minimum absolute atomic E-state index is 0.131. The Balaban J connectivity index is 2.22. The first-order chi connectivity index (χ1) is 8.61. The molecule has 1 saturated heterocycles. The van der Waals surface area contributed by atoms with Crippen molar-refractivity contribution >= 4 is 23.2 Å². The number of rotatable bonds is 2. The van der Waals surface area contributed by atoms with Crippen molar-refractivity contribution in [2.45, 2.75) is 13.0 Å². The molecule has 0 bridgehead atoms. The first kappa shape index (κ1) is 13.2. The number of anilines is 1. The molecule has 1 heterocycles. The number of carbonyl (C=O) groups is 1. The van der Waals surface area contributed by atoms with Gasteiger partial charge in [0.1, 0.15) is 0 Å². The Labute approximate surface area is 112 Å². The zero-order valence-corrected chi connectivity index (χ0v) is 11.3. The number of hydrogen-bond donors (Lipinski definition) is 1. The summed E-state index contributed by atoms with van der Waals surface area (Å²) in [7, 11) is 1.84. The van der Waals surface area contributed by atoms with E-state index in [9.17, 15) is 4.79 Å². The molecular weight excluding hydrogens is 250 g/mol. The second-order valence-corrected chi connectivity index (χ2v) is 4.99. The van der Waals surface area contributed by atoms with Gasteiger partial charge in [0.2, 0.25) is 5.91 Å². The van der Waals surface area contributed by atoms with Gasteiger partial charge in [-0.2, -0.15) is 0 Å². The molecule has 2 N–H and O–H groups in total. The van der Waals surface area contributed by atoms with Crippen LogP contribution in [0.5, 0.6) is 0 Å². The average Bonchev–Trinajstić information content (AvgIpc) is 2.52. The Bertz CT molecular complexity index is 450. The number of likely N-dealkylation sites (N-methyl/N-ethyl adjacent to an activating group) is 1. The monoisotopic (exact) mass is 267 g/mol. The fraction of sp³-hybridized carbons (Fsp3) is 0.462. The first-order valence-electron chi connectivity index (χ1n) is 6.09. The standard InChI is InChI=1S/C13H18ClN3O/c1-16-5-2-6-17(9-13(16)18)12-4-3-10(8-15)7-11(12)14/h3-4,7H,2,5-6,8-9,15H2,1H3. The molecule has 18 heavy (non-hydrogen) atoms. The van der Waals surface area contributed by atoms with Crippen molar-refractivity contribution in [3.63, 3.8) is 0 Å². The lowest BCUT2D eigenvalue weighted by atomic mass is 10.2. The van der Waals surface area contributed by atoms with E-state index >= 15 is 0 Å². The molecule has 1 aliphatic heterocycles. The summed E-state index contributed by atoms with van der Waals surface area (Å²) >= 11 is 6.26. The van der Waals surface area contributed by atoms with Gasteiger partial charge in [0.05, 0.1) is 17.3 Å². The van der Waals surface area contributed by atoms with E-state index in [1.54, 1.807) is 4.90 Å². The molecule has 2 rings (SSSR count). The zero-order valence-electron chi connectivity index (χ0n) is 10.5. The van der Waals surface area contributed by atoms with Crippen LogP contribution in [0.2, 0.25) is 5.02 Å². The number of benzene rings is 1. The Morgan fingerprint density at radius 2 is 2.17 bits per heavy atom. The van der Waals surface area contributed by atoms with Crippen molar-refractivity contribution in [3.8, 4) is 0 Å². The molecule has 0 radical (unpaired) electrons. The van der Waals surface area contributed by atoms with E-state index in [4.69, 9.17) is 17.3 Å². The number of halogens is 1. The number of hydrogen-bond acceptors (Lipinski definition) is 3. The minimum Gasteiger partial charge on any atom is -0.361 e. The lowest BCUT2D eigenvalue weighted by molar-refractivity contribution is -0.127. The van der Waals surface area contributed by atoms with Gasteiger partial charge in [-0.3, -0.25) is 4.79 Å². The lowest BCUT2D eigenvalue weighted by Gasteiger charge is -2.23. The number of nitrogens with zero attached hydrogens (tertiary/aromatic N) is 2. The number of nitrogens with two attached hydrogens (primary N) is 1. The van der Waals surface area contributed by atoms with Crippen molar-refractivity contribution < 1.29 is 4.79 Å². The highest BCUT2D eigenvalue weighted by Crippen LogP contribution is 2.27. The summed E-state index contributed by atoms with van der Waals surface area (Å²) in [6, 6.07) is 5.78. The van der Waals surface area contributed by atoms with Gasteiger partial charge in [-0.1, -0.05) is 17.7 Å². The summed E-state index contributed by atoms with van der Waals surface area (Å²) in [5, 5.41) is 0.662. The topological polar surface area (TPSA) is 49.6 Å². The number of carbonyl (C=O) groups excluding carboxylic acids is 1. The van der Waals surface area contributed by atoms with Gasteiger partial charge in [0.25, 0.3) is 0 Å². The molecule has 0 spiro atoms. The third-order valence-corrected chi connectivity index (χ3v) is 3.56. The molecule has 4 nitrogen and oxygen atoms in total. The fourth-order valence-electron chi connectivity index (χ4n) is 2.13. The van der Waals surface area contributed by atoms with Crippen LogP contribution < -0.4 is 10.6 Å². The van der Waals surface area contributed by atoms with E-state index in [1.165, 1.54) is 0 Å². The van der Waals surface area contributed by atoms with E-state index in [2.05, 4.69) is 0 Å². The Kier molecular flexibility index (Phi) is 4.09. The van der Waals surface area contributed by atoms with E-state index in [0.717, 1.165) is 30.8 Å². The van der Waals surface area contributed by atoms with Gasteiger partial charge in [-0.25, -0.2) is 0 Å². The summed E-state index contributed by atoms with van der Waals surface area (Å²) in [4.78, 5) is 15.7. The molecule has 0 aromatic heterocycles. The van der Waals surface area contributed by atoms with Gasteiger partial charge < -0.3 is 15.5 Å². The predicted molar refractivity (Wildman–Crippen MR) is 73.8 cm³/mol. The van der Waals surface area contributed by atoms with Crippen molar-refractivity contribution in [1.29, 1.82) is 0 Å². The largest absolute Gasteiger partial charge is 0.361 e. The Hall–Kier alpha value is -1.26. The normalized spacial score (nSPS) is 16.9. The van der Waals surface area contributed by atoms with Gasteiger partial charge in [-0.05, 0) is 24.1 Å². The maximum atomic E-state index is 11.9. The second-order valence-electron chi connectivity index (χ2n) is 4.58. The third kappa shape index (κ3) is 2.76. The molecule has 98 valence electrons. The quantitative estimate of drug-likeness (QED) is 0.883. The van der Waals surface area contributed by atoms with Crippen molar-refractivity contribution in [3.05, 3.63) is 28.8 Å². The highest BCUT2D eigenvalue weighted by molar-refractivity contribution is 6.33. The van der Waals surface area contributed by atoms with Gasteiger partial charge in [0.15, 0.2) is 0 Å². The van der Waals surface area contributed by atoms with Crippen LogP contribution >= 0.6 is 11.6 Å². The van der Waals surface area contributed by atoms with Crippen LogP contribution in [0.15, 0.2) is 18.2 Å². The van der Waals surface area contributed by atoms with Crippen LogP contribution in [0.1, 0.15) is 12.0 Å². The molecule has 0 aliphatic carbocycles. The summed E-state index contributed by atoms with van der Waals surface area (Å²) in [6.07, 6.45) is 0.956. The van der Waals surface area contributed by atoms with Crippen LogP contribution in [0.3, 0.4) is 0 Å². The third-order valence-electron chi connectivity index (χ3n) is 3.26. The maximum absolute atomic E-state index is 11.9. The highest BCUT2D eigenvalue weighted by atomic mass is 35.5. The van der Waals surface area contributed by atoms with E-state index < -0.39 is 0 Å². The van der Waals surface area contributed by atoms with Crippen LogP contribution in [0.25, 0.3) is 0 Å².